The second kappa shape index (κ2) is 5.66. The van der Waals surface area contributed by atoms with E-state index in [0.29, 0.717) is 4.90 Å². The summed E-state index contributed by atoms with van der Waals surface area (Å²) in [5, 5.41) is 2.97. The van der Waals surface area contributed by atoms with Crippen molar-refractivity contribution in [2.24, 2.45) is 0 Å². The van der Waals surface area contributed by atoms with Crippen LogP contribution in [0.1, 0.15) is 12.8 Å². The quantitative estimate of drug-likeness (QED) is 0.880. The van der Waals surface area contributed by atoms with Crippen LogP contribution in [-0.2, 0) is 9.84 Å². The molecule has 0 bridgehead atoms. The number of sulfone groups is 1. The Labute approximate surface area is 103 Å². The van der Waals surface area contributed by atoms with E-state index in [2.05, 4.69) is 5.32 Å². The van der Waals surface area contributed by atoms with Crippen molar-refractivity contribution in [2.45, 2.75) is 23.0 Å². The van der Waals surface area contributed by atoms with Gasteiger partial charge >= 0.3 is 0 Å². The van der Waals surface area contributed by atoms with Gasteiger partial charge in [-0.2, -0.15) is 0 Å². The number of rotatable bonds is 2. The van der Waals surface area contributed by atoms with E-state index in [1.807, 2.05) is 6.07 Å². The first-order valence-electron chi connectivity index (χ1n) is 5.21. The molecule has 3 nitrogen and oxygen atoms in total. The summed E-state index contributed by atoms with van der Waals surface area (Å²) in [4.78, 5) is 0.455. The molecule has 90 valence electrons. The molecule has 1 fully saturated rings. The van der Waals surface area contributed by atoms with Crippen LogP contribution in [0.25, 0.3) is 0 Å². The topological polar surface area (TPSA) is 46.2 Å². The molecular weight excluding hydrogens is 246 g/mol. The van der Waals surface area contributed by atoms with Crippen LogP contribution >= 0.6 is 12.4 Å². The Bertz CT molecular complexity index is 413. The molecular formula is C11H16ClNO2S. The van der Waals surface area contributed by atoms with Gasteiger partial charge in [0.25, 0.3) is 0 Å². The number of nitrogens with one attached hydrogen (secondary N) is 1. The predicted octanol–water partition coefficient (Wildman–Crippen LogP) is 1.63. The standard InChI is InChI=1S/C11H15NO2S.ClH/c13-15(14,10-4-2-1-3-5-10)11-6-8-12-9-7-11;/h1-5,11-12H,6-9H2;1H. The SMILES string of the molecule is Cl.O=S(=O)(c1ccccc1)C1CCNCC1. The zero-order chi connectivity index (χ0) is 10.7. The maximum atomic E-state index is 12.2. The van der Waals surface area contributed by atoms with E-state index in [0.717, 1.165) is 25.9 Å². The summed E-state index contributed by atoms with van der Waals surface area (Å²) < 4.78 is 24.3. The maximum absolute atomic E-state index is 12.2. The number of halogens is 1. The van der Waals surface area contributed by atoms with E-state index in [1.54, 1.807) is 24.3 Å². The average molecular weight is 262 g/mol. The Kier molecular flexibility index (Phi) is 4.77. The maximum Gasteiger partial charge on any atom is 0.181 e. The molecule has 5 heteroatoms. The summed E-state index contributed by atoms with van der Waals surface area (Å²) in [7, 11) is -3.10. The van der Waals surface area contributed by atoms with Crippen LogP contribution in [0.3, 0.4) is 0 Å². The third-order valence-corrected chi connectivity index (χ3v) is 5.08. The first-order valence-corrected chi connectivity index (χ1v) is 6.75. The highest BCUT2D eigenvalue weighted by atomic mass is 35.5. The smallest absolute Gasteiger partial charge is 0.181 e. The lowest BCUT2D eigenvalue weighted by atomic mass is 10.2. The molecule has 1 aliphatic rings. The van der Waals surface area contributed by atoms with Crippen LogP contribution in [0.15, 0.2) is 35.2 Å². The van der Waals surface area contributed by atoms with Crippen molar-refractivity contribution < 1.29 is 8.42 Å². The molecule has 0 spiro atoms. The molecule has 0 aliphatic carbocycles. The summed E-state index contributed by atoms with van der Waals surface area (Å²) in [5.41, 5.74) is 0. The van der Waals surface area contributed by atoms with Crippen LogP contribution in [0.2, 0.25) is 0 Å². The van der Waals surface area contributed by atoms with Crippen LogP contribution in [0.5, 0.6) is 0 Å². The molecule has 0 amide bonds. The van der Waals surface area contributed by atoms with Gasteiger partial charge in [0.05, 0.1) is 10.1 Å². The Morgan fingerprint density at radius 2 is 1.62 bits per heavy atom. The zero-order valence-corrected chi connectivity index (χ0v) is 10.6. The molecule has 0 atom stereocenters. The minimum Gasteiger partial charge on any atom is -0.317 e. The Hall–Kier alpha value is -0.580. The van der Waals surface area contributed by atoms with Crippen molar-refractivity contribution >= 4 is 22.2 Å². The lowest BCUT2D eigenvalue weighted by Gasteiger charge is -2.22. The number of benzene rings is 1. The van der Waals surface area contributed by atoms with E-state index in [9.17, 15) is 8.42 Å². The molecule has 0 aromatic heterocycles. The van der Waals surface area contributed by atoms with E-state index in [4.69, 9.17) is 0 Å². The molecule has 1 aliphatic heterocycles. The highest BCUT2D eigenvalue weighted by Crippen LogP contribution is 2.21. The monoisotopic (exact) mass is 261 g/mol. The third-order valence-electron chi connectivity index (χ3n) is 2.80. The van der Waals surface area contributed by atoms with Crippen LogP contribution in [0, 0.1) is 0 Å². The predicted molar refractivity (Wildman–Crippen MR) is 66.8 cm³/mol. The second-order valence-corrected chi connectivity index (χ2v) is 6.04. The molecule has 1 N–H and O–H groups in total. The molecule has 1 aromatic carbocycles. The fourth-order valence-corrected chi connectivity index (χ4v) is 3.69. The fraction of sp³-hybridized carbons (Fsp3) is 0.455. The van der Waals surface area contributed by atoms with Crippen molar-refractivity contribution in [1.29, 1.82) is 0 Å². The first kappa shape index (κ1) is 13.5. The molecule has 16 heavy (non-hydrogen) atoms. The van der Waals surface area contributed by atoms with E-state index < -0.39 is 9.84 Å². The normalized spacial score (nSPS) is 17.8. The van der Waals surface area contributed by atoms with Gasteiger partial charge in [0.15, 0.2) is 9.84 Å². The zero-order valence-electron chi connectivity index (χ0n) is 8.93. The first-order chi connectivity index (χ1) is 7.21. The molecule has 2 rings (SSSR count). The summed E-state index contributed by atoms with van der Waals surface area (Å²) in [6.45, 7) is 1.60. The van der Waals surface area contributed by atoms with Gasteiger partial charge in [0, 0.05) is 0 Å². The summed E-state index contributed by atoms with van der Waals surface area (Å²) >= 11 is 0. The average Bonchev–Trinajstić information content (AvgIpc) is 2.31. The van der Waals surface area contributed by atoms with Gasteiger partial charge in [0.1, 0.15) is 0 Å². The third kappa shape index (κ3) is 2.75. The van der Waals surface area contributed by atoms with E-state index >= 15 is 0 Å². The highest BCUT2D eigenvalue weighted by Gasteiger charge is 2.28. The minimum absolute atomic E-state index is 0. The Balaban J connectivity index is 0.00000128. The van der Waals surface area contributed by atoms with Gasteiger partial charge in [0.2, 0.25) is 0 Å². The Morgan fingerprint density at radius 1 is 1.06 bits per heavy atom. The van der Waals surface area contributed by atoms with Gasteiger partial charge in [-0.25, -0.2) is 8.42 Å². The molecule has 0 radical (unpaired) electrons. The highest BCUT2D eigenvalue weighted by molar-refractivity contribution is 7.92. The van der Waals surface area contributed by atoms with Crippen molar-refractivity contribution in [3.05, 3.63) is 30.3 Å². The van der Waals surface area contributed by atoms with Gasteiger partial charge in [-0.05, 0) is 38.1 Å². The van der Waals surface area contributed by atoms with Crippen molar-refractivity contribution in [3.63, 3.8) is 0 Å². The number of hydrogen-bond donors (Lipinski definition) is 1. The Morgan fingerprint density at radius 3 is 2.19 bits per heavy atom. The van der Waals surface area contributed by atoms with Gasteiger partial charge < -0.3 is 5.32 Å². The van der Waals surface area contributed by atoms with E-state index in [-0.39, 0.29) is 17.7 Å². The number of hydrogen-bond acceptors (Lipinski definition) is 3. The molecule has 1 heterocycles. The lowest BCUT2D eigenvalue weighted by Crippen LogP contribution is -2.35. The van der Waals surface area contributed by atoms with Gasteiger partial charge in [-0.3, -0.25) is 0 Å². The van der Waals surface area contributed by atoms with E-state index in [1.165, 1.54) is 0 Å². The second-order valence-electron chi connectivity index (χ2n) is 3.81. The van der Waals surface area contributed by atoms with Crippen molar-refractivity contribution in [2.75, 3.05) is 13.1 Å². The summed E-state index contributed by atoms with van der Waals surface area (Å²) in [6, 6.07) is 8.73. The molecule has 0 unspecified atom stereocenters. The molecule has 0 saturated carbocycles. The lowest BCUT2D eigenvalue weighted by molar-refractivity contribution is 0.496. The van der Waals surface area contributed by atoms with Gasteiger partial charge in [-0.1, -0.05) is 18.2 Å². The summed E-state index contributed by atoms with van der Waals surface area (Å²) in [5.74, 6) is 0. The largest absolute Gasteiger partial charge is 0.317 e. The van der Waals surface area contributed by atoms with Crippen LogP contribution in [0.4, 0.5) is 0 Å². The van der Waals surface area contributed by atoms with Crippen molar-refractivity contribution in [1.82, 2.24) is 5.32 Å². The molecule has 1 aromatic rings. The van der Waals surface area contributed by atoms with Crippen LogP contribution in [-0.4, -0.2) is 26.8 Å². The van der Waals surface area contributed by atoms with Crippen molar-refractivity contribution in [3.8, 4) is 0 Å². The fourth-order valence-electron chi connectivity index (χ4n) is 1.91. The van der Waals surface area contributed by atoms with Crippen LogP contribution < -0.4 is 5.32 Å². The minimum atomic E-state index is -3.10. The summed E-state index contributed by atoms with van der Waals surface area (Å²) in [6.07, 6.45) is 1.44. The number of piperidine rings is 1. The molecule has 1 saturated heterocycles. The van der Waals surface area contributed by atoms with Gasteiger partial charge in [-0.15, -0.1) is 12.4 Å².